The molecule has 1 aromatic carbocycles. The van der Waals surface area contributed by atoms with Gasteiger partial charge in [0.05, 0.1) is 0 Å². The van der Waals surface area contributed by atoms with Gasteiger partial charge in [0, 0.05) is 34.2 Å². The normalized spacial score (nSPS) is 15.0. The zero-order valence-corrected chi connectivity index (χ0v) is 11.2. The maximum atomic E-state index is 13.3. The first kappa shape index (κ1) is 12.1. The lowest BCUT2D eigenvalue weighted by atomic mass is 10.2. The molecule has 2 nitrogen and oxygen atoms in total. The molecular weight excluding hydrogens is 271 g/mol. The summed E-state index contributed by atoms with van der Waals surface area (Å²) >= 11 is 7.42. The van der Waals surface area contributed by atoms with Gasteiger partial charge >= 0.3 is 0 Å². The van der Waals surface area contributed by atoms with E-state index in [2.05, 4.69) is 10.3 Å². The van der Waals surface area contributed by atoms with E-state index < -0.39 is 0 Å². The van der Waals surface area contributed by atoms with Gasteiger partial charge in [0.15, 0.2) is 0 Å². The molecule has 1 N–H and O–H groups in total. The Bertz CT molecular complexity index is 546. The molecule has 1 heterocycles. The van der Waals surface area contributed by atoms with Crippen LogP contribution in [0, 0.1) is 5.82 Å². The third-order valence-corrected chi connectivity index (χ3v) is 4.07. The van der Waals surface area contributed by atoms with E-state index in [1.165, 1.54) is 25.0 Å². The second-order valence-corrected chi connectivity index (χ2v) is 6.00. The van der Waals surface area contributed by atoms with Crippen LogP contribution in [0.5, 0.6) is 0 Å². The van der Waals surface area contributed by atoms with Gasteiger partial charge in [-0.05, 0) is 31.0 Å². The number of hydrogen-bond donors (Lipinski definition) is 1. The average Bonchev–Trinajstić information content (AvgIpc) is 3.02. The van der Waals surface area contributed by atoms with Crippen molar-refractivity contribution in [3.8, 4) is 10.6 Å². The highest BCUT2D eigenvalue weighted by molar-refractivity contribution is 7.15. The largest absolute Gasteiger partial charge is 0.309 e. The fourth-order valence-corrected chi connectivity index (χ4v) is 2.80. The summed E-state index contributed by atoms with van der Waals surface area (Å²) in [5.74, 6) is -0.328. The second-order valence-electron chi connectivity index (χ2n) is 4.45. The summed E-state index contributed by atoms with van der Waals surface area (Å²) in [6.45, 7) is 0.839. The zero-order chi connectivity index (χ0) is 12.5. The van der Waals surface area contributed by atoms with Crippen molar-refractivity contribution < 1.29 is 4.39 Å². The minimum Gasteiger partial charge on any atom is -0.309 e. The Hall–Kier alpha value is -0.970. The van der Waals surface area contributed by atoms with Gasteiger partial charge in [-0.25, -0.2) is 9.37 Å². The third-order valence-electron chi connectivity index (χ3n) is 2.81. The van der Waals surface area contributed by atoms with E-state index in [0.29, 0.717) is 11.1 Å². The second kappa shape index (κ2) is 4.96. The van der Waals surface area contributed by atoms with Crippen molar-refractivity contribution in [1.29, 1.82) is 0 Å². The van der Waals surface area contributed by atoms with E-state index in [-0.39, 0.29) is 5.82 Å². The molecule has 0 bridgehead atoms. The van der Waals surface area contributed by atoms with Gasteiger partial charge in [0.1, 0.15) is 10.8 Å². The van der Waals surface area contributed by atoms with Gasteiger partial charge in [-0.15, -0.1) is 11.3 Å². The Morgan fingerprint density at radius 2 is 2.22 bits per heavy atom. The predicted octanol–water partition coefficient (Wildman–Crippen LogP) is 3.85. The van der Waals surface area contributed by atoms with Crippen LogP contribution in [0.25, 0.3) is 10.6 Å². The van der Waals surface area contributed by atoms with Crippen LogP contribution in [0.1, 0.15) is 17.7 Å². The van der Waals surface area contributed by atoms with Crippen molar-refractivity contribution in [3.63, 3.8) is 0 Å². The van der Waals surface area contributed by atoms with Crippen molar-refractivity contribution in [3.05, 3.63) is 40.1 Å². The topological polar surface area (TPSA) is 24.9 Å². The van der Waals surface area contributed by atoms with E-state index in [4.69, 9.17) is 11.6 Å². The summed E-state index contributed by atoms with van der Waals surface area (Å²) in [7, 11) is 0. The Kier molecular flexibility index (Phi) is 3.33. The maximum Gasteiger partial charge on any atom is 0.125 e. The van der Waals surface area contributed by atoms with Crippen molar-refractivity contribution >= 4 is 22.9 Å². The van der Waals surface area contributed by atoms with Crippen LogP contribution in [-0.4, -0.2) is 11.0 Å². The number of thiazole rings is 1. The molecule has 18 heavy (non-hydrogen) atoms. The van der Waals surface area contributed by atoms with E-state index in [9.17, 15) is 4.39 Å². The monoisotopic (exact) mass is 282 g/mol. The molecule has 1 aliphatic carbocycles. The first-order valence-electron chi connectivity index (χ1n) is 5.85. The zero-order valence-electron chi connectivity index (χ0n) is 9.62. The standard InChI is InChI=1S/C13H12ClFN2S/c14-9-3-8(4-10(15)5-9)13-17-7-12(18-13)6-16-11-1-2-11/h3-5,7,11,16H,1-2,6H2. The van der Waals surface area contributed by atoms with Crippen LogP contribution in [0.3, 0.4) is 0 Å². The maximum absolute atomic E-state index is 13.3. The van der Waals surface area contributed by atoms with Crippen LogP contribution in [0.4, 0.5) is 4.39 Å². The van der Waals surface area contributed by atoms with Gasteiger partial charge in [-0.2, -0.15) is 0 Å². The number of halogens is 2. The number of rotatable bonds is 4. The minimum absolute atomic E-state index is 0.328. The number of hydrogen-bond acceptors (Lipinski definition) is 3. The first-order valence-corrected chi connectivity index (χ1v) is 7.05. The Balaban J connectivity index is 1.78. The van der Waals surface area contributed by atoms with E-state index >= 15 is 0 Å². The minimum atomic E-state index is -0.328. The molecule has 0 amide bonds. The van der Waals surface area contributed by atoms with Crippen LogP contribution in [0.15, 0.2) is 24.4 Å². The average molecular weight is 283 g/mol. The molecule has 5 heteroatoms. The molecule has 0 unspecified atom stereocenters. The van der Waals surface area contributed by atoms with Crippen molar-refractivity contribution in [2.75, 3.05) is 0 Å². The summed E-state index contributed by atoms with van der Waals surface area (Å²) in [5, 5.41) is 4.64. The van der Waals surface area contributed by atoms with E-state index in [1.807, 2.05) is 6.20 Å². The van der Waals surface area contributed by atoms with E-state index in [0.717, 1.165) is 22.0 Å². The lowest BCUT2D eigenvalue weighted by Crippen LogP contribution is -2.14. The molecule has 0 spiro atoms. The van der Waals surface area contributed by atoms with Crippen LogP contribution in [-0.2, 0) is 6.54 Å². The van der Waals surface area contributed by atoms with Crippen molar-refractivity contribution in [1.82, 2.24) is 10.3 Å². The number of nitrogens with one attached hydrogen (secondary N) is 1. The lowest BCUT2D eigenvalue weighted by molar-refractivity contribution is 0.628. The summed E-state index contributed by atoms with van der Waals surface area (Å²) in [6.07, 6.45) is 4.38. The summed E-state index contributed by atoms with van der Waals surface area (Å²) in [4.78, 5) is 5.48. The lowest BCUT2D eigenvalue weighted by Gasteiger charge is -1.99. The molecule has 3 rings (SSSR count). The molecular formula is C13H12ClFN2S. The van der Waals surface area contributed by atoms with Gasteiger partial charge in [-0.1, -0.05) is 11.6 Å². The predicted molar refractivity (Wildman–Crippen MR) is 72.4 cm³/mol. The summed E-state index contributed by atoms with van der Waals surface area (Å²) in [6, 6.07) is 5.18. The van der Waals surface area contributed by atoms with Crippen molar-refractivity contribution in [2.24, 2.45) is 0 Å². The molecule has 1 aliphatic rings. The molecule has 0 radical (unpaired) electrons. The molecule has 1 saturated carbocycles. The molecule has 1 aromatic heterocycles. The number of nitrogens with zero attached hydrogens (tertiary/aromatic N) is 1. The molecule has 94 valence electrons. The fourth-order valence-electron chi connectivity index (χ4n) is 1.73. The molecule has 1 fully saturated rings. The third kappa shape index (κ3) is 2.88. The fraction of sp³-hybridized carbons (Fsp3) is 0.308. The van der Waals surface area contributed by atoms with Crippen LogP contribution in [0.2, 0.25) is 5.02 Å². The smallest absolute Gasteiger partial charge is 0.125 e. The van der Waals surface area contributed by atoms with Gasteiger partial charge in [0.25, 0.3) is 0 Å². The molecule has 0 saturated heterocycles. The molecule has 0 atom stereocenters. The Labute approximate surface area is 114 Å². The first-order chi connectivity index (χ1) is 8.70. The highest BCUT2D eigenvalue weighted by Crippen LogP contribution is 2.28. The van der Waals surface area contributed by atoms with Gasteiger partial charge < -0.3 is 5.32 Å². The quantitative estimate of drug-likeness (QED) is 0.921. The van der Waals surface area contributed by atoms with Gasteiger partial charge in [0.2, 0.25) is 0 Å². The highest BCUT2D eigenvalue weighted by atomic mass is 35.5. The van der Waals surface area contributed by atoms with Gasteiger partial charge in [-0.3, -0.25) is 0 Å². The molecule has 0 aliphatic heterocycles. The van der Waals surface area contributed by atoms with Crippen LogP contribution < -0.4 is 5.32 Å². The molecule has 2 aromatic rings. The SMILES string of the molecule is Fc1cc(Cl)cc(-c2ncc(CNC3CC3)s2)c1. The van der Waals surface area contributed by atoms with Crippen LogP contribution >= 0.6 is 22.9 Å². The Morgan fingerprint density at radius 1 is 1.39 bits per heavy atom. The number of aromatic nitrogens is 1. The van der Waals surface area contributed by atoms with Crippen molar-refractivity contribution in [2.45, 2.75) is 25.4 Å². The Morgan fingerprint density at radius 3 is 2.94 bits per heavy atom. The summed E-state index contributed by atoms with van der Waals surface area (Å²) in [5.41, 5.74) is 0.739. The number of benzene rings is 1. The highest BCUT2D eigenvalue weighted by Gasteiger charge is 2.20. The van der Waals surface area contributed by atoms with E-state index in [1.54, 1.807) is 17.4 Å². The summed E-state index contributed by atoms with van der Waals surface area (Å²) < 4.78 is 13.3.